The number of aromatic nitrogens is 1. The lowest BCUT2D eigenvalue weighted by molar-refractivity contribution is -0.128. The lowest BCUT2D eigenvalue weighted by atomic mass is 10.1. The quantitative estimate of drug-likeness (QED) is 0.560. The van der Waals surface area contributed by atoms with Crippen LogP contribution in [-0.2, 0) is 16.0 Å². The average molecular weight is 201 g/mol. The predicted octanol–water partition coefficient (Wildman–Crippen LogP) is 1.95. The largest absolute Gasteiger partial charge is 0.467 e. The van der Waals surface area contributed by atoms with Gasteiger partial charge in [0.2, 0.25) is 0 Å². The van der Waals surface area contributed by atoms with Crippen LogP contribution in [0.3, 0.4) is 0 Å². The number of rotatable bonds is 4. The van der Waals surface area contributed by atoms with Crippen molar-refractivity contribution in [2.45, 2.75) is 6.42 Å². The Morgan fingerprint density at radius 3 is 3.00 bits per heavy atom. The van der Waals surface area contributed by atoms with Crippen molar-refractivity contribution in [3.63, 3.8) is 0 Å². The van der Waals surface area contributed by atoms with Gasteiger partial charge in [-0.05, 0) is 11.5 Å². The molecule has 1 heterocycles. The first-order valence-electron chi connectivity index (χ1n) is 4.79. The number of ether oxygens (including phenoxy) is 1. The van der Waals surface area contributed by atoms with Gasteiger partial charge in [0.05, 0.1) is 12.3 Å². The number of hydrogen-bond donors (Lipinski definition) is 0. The highest BCUT2D eigenvalue weighted by Crippen LogP contribution is 2.16. The van der Waals surface area contributed by atoms with E-state index in [9.17, 15) is 4.79 Å². The second-order valence-corrected chi connectivity index (χ2v) is 3.20. The van der Waals surface area contributed by atoms with Crippen molar-refractivity contribution in [1.29, 1.82) is 0 Å². The Morgan fingerprint density at radius 2 is 2.13 bits per heavy atom. The molecule has 0 fully saturated rings. The highest BCUT2D eigenvalue weighted by Gasteiger charge is 2.01. The van der Waals surface area contributed by atoms with Crippen LogP contribution >= 0.6 is 0 Å². The minimum atomic E-state index is 0.379. The van der Waals surface area contributed by atoms with Crippen molar-refractivity contribution < 1.29 is 9.53 Å². The summed E-state index contributed by atoms with van der Waals surface area (Å²) in [6, 6.07) is 10.0. The van der Waals surface area contributed by atoms with Crippen molar-refractivity contribution in [2.75, 3.05) is 6.61 Å². The summed E-state index contributed by atoms with van der Waals surface area (Å²) < 4.78 is 4.67. The fourth-order valence-electron chi connectivity index (χ4n) is 1.59. The molecule has 0 aliphatic heterocycles. The first-order chi connectivity index (χ1) is 7.42. The molecule has 0 amide bonds. The summed E-state index contributed by atoms with van der Waals surface area (Å²) in [4.78, 5) is 14.3. The first-order valence-corrected chi connectivity index (χ1v) is 4.79. The molecule has 0 unspecified atom stereocenters. The van der Waals surface area contributed by atoms with Crippen molar-refractivity contribution >= 4 is 17.2 Å². The zero-order valence-corrected chi connectivity index (χ0v) is 8.22. The third-order valence-electron chi connectivity index (χ3n) is 2.28. The Bertz CT molecular complexity index is 463. The van der Waals surface area contributed by atoms with Crippen LogP contribution in [0.5, 0.6) is 0 Å². The highest BCUT2D eigenvalue weighted by atomic mass is 16.5. The zero-order valence-electron chi connectivity index (χ0n) is 8.22. The highest BCUT2D eigenvalue weighted by molar-refractivity contribution is 5.84. The fourth-order valence-corrected chi connectivity index (χ4v) is 1.59. The Labute approximate surface area is 87.7 Å². The minimum absolute atomic E-state index is 0.379. The summed E-state index contributed by atoms with van der Waals surface area (Å²) in [6.45, 7) is 0.843. The molecule has 0 bridgehead atoms. The van der Waals surface area contributed by atoms with Gasteiger partial charge in [-0.2, -0.15) is 0 Å². The van der Waals surface area contributed by atoms with E-state index >= 15 is 0 Å². The Hall–Kier alpha value is -1.90. The molecule has 1 aromatic carbocycles. The summed E-state index contributed by atoms with van der Waals surface area (Å²) in [6.07, 6.45) is 2.43. The molecule has 0 saturated heterocycles. The Kier molecular flexibility index (Phi) is 2.93. The van der Waals surface area contributed by atoms with E-state index in [0.29, 0.717) is 19.5 Å². The summed E-state index contributed by atoms with van der Waals surface area (Å²) in [5.41, 5.74) is 0.968. The number of fused-ring (bicyclic) bond motifs is 1. The van der Waals surface area contributed by atoms with Crippen molar-refractivity contribution in [3.8, 4) is 0 Å². The maximum atomic E-state index is 10.0. The van der Waals surface area contributed by atoms with Crippen LogP contribution in [0.15, 0.2) is 36.5 Å². The SMILES string of the molecule is O=COCCc1nccc2ccccc12. The normalized spacial score (nSPS) is 10.1. The van der Waals surface area contributed by atoms with E-state index in [1.807, 2.05) is 30.3 Å². The Morgan fingerprint density at radius 1 is 1.27 bits per heavy atom. The van der Waals surface area contributed by atoms with Gasteiger partial charge in [0.15, 0.2) is 0 Å². The van der Waals surface area contributed by atoms with E-state index in [1.54, 1.807) is 6.20 Å². The van der Waals surface area contributed by atoms with Crippen LogP contribution in [0.2, 0.25) is 0 Å². The maximum absolute atomic E-state index is 10.0. The third-order valence-corrected chi connectivity index (χ3v) is 2.28. The van der Waals surface area contributed by atoms with E-state index in [0.717, 1.165) is 16.5 Å². The predicted molar refractivity (Wildman–Crippen MR) is 57.5 cm³/mol. The van der Waals surface area contributed by atoms with Crippen LogP contribution in [0.4, 0.5) is 0 Å². The van der Waals surface area contributed by atoms with Gasteiger partial charge >= 0.3 is 0 Å². The van der Waals surface area contributed by atoms with Gasteiger partial charge in [-0.1, -0.05) is 24.3 Å². The number of hydrogen-bond acceptors (Lipinski definition) is 3. The summed E-state index contributed by atoms with van der Waals surface area (Å²) >= 11 is 0. The Balaban J connectivity index is 2.30. The van der Waals surface area contributed by atoms with E-state index in [2.05, 4.69) is 9.72 Å². The van der Waals surface area contributed by atoms with Gasteiger partial charge in [0.1, 0.15) is 0 Å². The molecule has 2 aromatic rings. The van der Waals surface area contributed by atoms with Crippen molar-refractivity contribution in [2.24, 2.45) is 0 Å². The lowest BCUT2D eigenvalue weighted by Gasteiger charge is -2.04. The first kappa shape index (κ1) is 9.65. The molecular weight excluding hydrogens is 190 g/mol. The van der Waals surface area contributed by atoms with Crippen molar-refractivity contribution in [3.05, 3.63) is 42.2 Å². The molecular formula is C12H11NO2. The van der Waals surface area contributed by atoms with Crippen LogP contribution in [0, 0.1) is 0 Å². The monoisotopic (exact) mass is 201 g/mol. The summed E-state index contributed by atoms with van der Waals surface area (Å²) in [5, 5.41) is 2.28. The van der Waals surface area contributed by atoms with Gasteiger partial charge in [-0.15, -0.1) is 0 Å². The zero-order chi connectivity index (χ0) is 10.5. The van der Waals surface area contributed by atoms with E-state index in [1.165, 1.54) is 0 Å². The standard InChI is InChI=1S/C12H11NO2/c14-9-15-8-6-12-11-4-2-1-3-10(11)5-7-13-12/h1-5,7,9H,6,8H2. The summed E-state index contributed by atoms with van der Waals surface area (Å²) in [7, 11) is 0. The van der Waals surface area contributed by atoms with Gasteiger partial charge in [-0.3, -0.25) is 9.78 Å². The van der Waals surface area contributed by atoms with Gasteiger partial charge in [0, 0.05) is 18.0 Å². The lowest BCUT2D eigenvalue weighted by Crippen LogP contribution is -1.99. The average Bonchev–Trinajstić information content (AvgIpc) is 2.30. The smallest absolute Gasteiger partial charge is 0.293 e. The third kappa shape index (κ3) is 2.13. The van der Waals surface area contributed by atoms with E-state index < -0.39 is 0 Å². The van der Waals surface area contributed by atoms with E-state index in [-0.39, 0.29) is 0 Å². The number of carbonyl (C=O) groups excluding carboxylic acids is 1. The van der Waals surface area contributed by atoms with Crippen LogP contribution in [-0.4, -0.2) is 18.1 Å². The van der Waals surface area contributed by atoms with Gasteiger partial charge < -0.3 is 4.74 Å². The molecule has 1 aromatic heterocycles. The molecule has 15 heavy (non-hydrogen) atoms. The molecule has 0 saturated carbocycles. The molecule has 0 spiro atoms. The van der Waals surface area contributed by atoms with Crippen LogP contribution in [0.1, 0.15) is 5.69 Å². The number of nitrogens with zero attached hydrogens (tertiary/aromatic N) is 1. The minimum Gasteiger partial charge on any atom is -0.467 e. The number of carbonyl (C=O) groups is 1. The molecule has 2 rings (SSSR count). The van der Waals surface area contributed by atoms with Crippen LogP contribution in [0.25, 0.3) is 10.8 Å². The molecule has 0 aliphatic rings. The molecule has 0 aliphatic carbocycles. The second kappa shape index (κ2) is 4.55. The summed E-state index contributed by atoms with van der Waals surface area (Å²) in [5.74, 6) is 0. The maximum Gasteiger partial charge on any atom is 0.293 e. The molecule has 0 radical (unpaired) electrons. The topological polar surface area (TPSA) is 39.2 Å². The molecule has 0 N–H and O–H groups in total. The molecule has 3 heteroatoms. The van der Waals surface area contributed by atoms with Crippen molar-refractivity contribution in [1.82, 2.24) is 4.98 Å². The number of benzene rings is 1. The van der Waals surface area contributed by atoms with E-state index in [4.69, 9.17) is 0 Å². The fraction of sp³-hybridized carbons (Fsp3) is 0.167. The number of pyridine rings is 1. The van der Waals surface area contributed by atoms with Crippen LogP contribution < -0.4 is 0 Å². The van der Waals surface area contributed by atoms with Gasteiger partial charge in [0.25, 0.3) is 6.47 Å². The second-order valence-electron chi connectivity index (χ2n) is 3.20. The van der Waals surface area contributed by atoms with Gasteiger partial charge in [-0.25, -0.2) is 0 Å². The molecule has 3 nitrogen and oxygen atoms in total. The molecule has 0 atom stereocenters. The molecule has 76 valence electrons.